The minimum atomic E-state index is 1.14. The van der Waals surface area contributed by atoms with Crippen molar-refractivity contribution in [1.82, 2.24) is 13.7 Å². The quantitative estimate of drug-likeness (QED) is 0.158. The summed E-state index contributed by atoms with van der Waals surface area (Å²) in [4.78, 5) is 0. The van der Waals surface area contributed by atoms with Gasteiger partial charge in [-0.3, -0.25) is 0 Å². The predicted molar refractivity (Wildman–Crippen MR) is 267 cm³/mol. The minimum absolute atomic E-state index is 1.14. The summed E-state index contributed by atoms with van der Waals surface area (Å²) in [6.07, 6.45) is 0. The van der Waals surface area contributed by atoms with Crippen LogP contribution in [0.15, 0.2) is 224 Å². The first-order valence-corrected chi connectivity index (χ1v) is 21.8. The van der Waals surface area contributed by atoms with E-state index in [0.29, 0.717) is 0 Å². The molecule has 3 aromatic heterocycles. The third-order valence-electron chi connectivity index (χ3n) is 13.6. The molecular formula is C60H37N3. The third kappa shape index (κ3) is 4.85. The largest absolute Gasteiger partial charge is 0.309 e. The number of hydrogen-bond donors (Lipinski definition) is 0. The molecule has 0 radical (unpaired) electrons. The molecule has 0 saturated heterocycles. The third-order valence-corrected chi connectivity index (χ3v) is 13.6. The normalized spacial score (nSPS) is 12.1. The van der Waals surface area contributed by atoms with Crippen LogP contribution in [-0.4, -0.2) is 13.7 Å². The summed E-state index contributed by atoms with van der Waals surface area (Å²) >= 11 is 0. The zero-order valence-electron chi connectivity index (χ0n) is 34.2. The van der Waals surface area contributed by atoms with Gasteiger partial charge in [-0.1, -0.05) is 152 Å². The van der Waals surface area contributed by atoms with Crippen molar-refractivity contribution in [2.24, 2.45) is 0 Å². The van der Waals surface area contributed by atoms with E-state index in [9.17, 15) is 0 Å². The molecule has 63 heavy (non-hydrogen) atoms. The summed E-state index contributed by atoms with van der Waals surface area (Å²) in [6.45, 7) is 0. The van der Waals surface area contributed by atoms with E-state index in [1.807, 2.05) is 0 Å². The van der Waals surface area contributed by atoms with E-state index in [4.69, 9.17) is 0 Å². The van der Waals surface area contributed by atoms with E-state index < -0.39 is 0 Å². The lowest BCUT2D eigenvalue weighted by molar-refractivity contribution is 1.17. The van der Waals surface area contributed by atoms with Crippen molar-refractivity contribution in [2.45, 2.75) is 0 Å². The van der Waals surface area contributed by atoms with Crippen LogP contribution in [0, 0.1) is 0 Å². The highest BCUT2D eigenvalue weighted by Crippen LogP contribution is 2.44. The van der Waals surface area contributed by atoms with Crippen LogP contribution in [0.5, 0.6) is 0 Å². The van der Waals surface area contributed by atoms with Gasteiger partial charge < -0.3 is 13.7 Å². The van der Waals surface area contributed by atoms with E-state index >= 15 is 0 Å². The Labute approximate surface area is 362 Å². The Morgan fingerprint density at radius 3 is 1.38 bits per heavy atom. The average molecular weight is 800 g/mol. The van der Waals surface area contributed by atoms with Gasteiger partial charge in [-0.2, -0.15) is 0 Å². The highest BCUT2D eigenvalue weighted by atomic mass is 15.0. The fourth-order valence-electron chi connectivity index (χ4n) is 10.9. The molecule has 292 valence electrons. The Bertz CT molecular complexity index is 4160. The number of para-hydroxylation sites is 4. The molecule has 0 atom stereocenters. The molecule has 0 bridgehead atoms. The Morgan fingerprint density at radius 1 is 0.206 bits per heavy atom. The molecule has 14 aromatic rings. The van der Waals surface area contributed by atoms with Crippen LogP contribution in [0.4, 0.5) is 0 Å². The Hall–Kier alpha value is -8.40. The topological polar surface area (TPSA) is 14.8 Å². The van der Waals surface area contributed by atoms with E-state index in [1.165, 1.54) is 109 Å². The van der Waals surface area contributed by atoms with Crippen LogP contribution < -0.4 is 0 Å². The second kappa shape index (κ2) is 13.1. The van der Waals surface area contributed by atoms with E-state index in [2.05, 4.69) is 238 Å². The molecule has 0 aliphatic rings. The van der Waals surface area contributed by atoms with Gasteiger partial charge in [-0.05, 0) is 116 Å². The van der Waals surface area contributed by atoms with Crippen molar-refractivity contribution >= 4 is 97.7 Å². The van der Waals surface area contributed by atoms with Crippen LogP contribution in [0.1, 0.15) is 0 Å². The van der Waals surface area contributed by atoms with Crippen LogP contribution in [0.3, 0.4) is 0 Å². The van der Waals surface area contributed by atoms with Gasteiger partial charge >= 0.3 is 0 Å². The molecule has 0 aliphatic carbocycles. The SMILES string of the molecule is c1ccc(-n2c3ccccc3c3cc(-n4c5ccccc5c5ccc6c(c7ccccc7n6-c6cccc(-c7ccc8c9ccccc9c9ccccc9c8c7)c6)c54)ccc32)cc1. The number of benzene rings is 11. The maximum atomic E-state index is 2.51. The number of aromatic nitrogens is 3. The lowest BCUT2D eigenvalue weighted by Gasteiger charge is -2.13. The van der Waals surface area contributed by atoms with Crippen LogP contribution in [0.25, 0.3) is 126 Å². The highest BCUT2D eigenvalue weighted by molar-refractivity contribution is 6.27. The van der Waals surface area contributed by atoms with Crippen molar-refractivity contribution in [3.8, 4) is 28.2 Å². The zero-order valence-corrected chi connectivity index (χ0v) is 34.2. The second-order valence-corrected chi connectivity index (χ2v) is 16.9. The lowest BCUT2D eigenvalue weighted by Crippen LogP contribution is -1.96. The average Bonchev–Trinajstić information content (AvgIpc) is 4.00. The molecule has 0 amide bonds. The molecule has 0 fully saturated rings. The standard InChI is InChI=1S/C60H37N3/c1-2-16-40(17-3-1)61-54-26-11-9-24-49(54)53-37-42(30-33-57(53)61)63-55-27-12-8-23-48(55)50-32-34-58-59(60(50)63)51-25-10-13-28-56(51)62(58)41-18-14-15-38(35-41)39-29-31-47-45-21-5-4-19-43(45)44-20-6-7-22-46(44)52(47)36-39/h1-37H. The molecule has 0 aliphatic heterocycles. The van der Waals surface area contributed by atoms with Crippen molar-refractivity contribution in [3.05, 3.63) is 224 Å². The Kier molecular flexibility index (Phi) is 7.11. The number of fused-ring (bicyclic) bond motifs is 16. The van der Waals surface area contributed by atoms with E-state index in [1.54, 1.807) is 0 Å². The van der Waals surface area contributed by atoms with Crippen molar-refractivity contribution < 1.29 is 0 Å². The maximum Gasteiger partial charge on any atom is 0.0641 e. The van der Waals surface area contributed by atoms with Gasteiger partial charge in [-0.25, -0.2) is 0 Å². The van der Waals surface area contributed by atoms with E-state index in [-0.39, 0.29) is 0 Å². The lowest BCUT2D eigenvalue weighted by atomic mass is 9.92. The molecule has 3 nitrogen and oxygen atoms in total. The number of nitrogens with zero attached hydrogens (tertiary/aromatic N) is 3. The van der Waals surface area contributed by atoms with Gasteiger partial charge in [0.05, 0.1) is 33.1 Å². The molecule has 3 heterocycles. The first-order valence-electron chi connectivity index (χ1n) is 21.8. The van der Waals surface area contributed by atoms with Crippen LogP contribution in [-0.2, 0) is 0 Å². The van der Waals surface area contributed by atoms with Gasteiger partial charge in [0.2, 0.25) is 0 Å². The van der Waals surface area contributed by atoms with Gasteiger partial charge in [0.15, 0.2) is 0 Å². The fourth-order valence-corrected chi connectivity index (χ4v) is 10.9. The Morgan fingerprint density at radius 2 is 0.667 bits per heavy atom. The first kappa shape index (κ1) is 34.3. The van der Waals surface area contributed by atoms with Crippen molar-refractivity contribution in [2.75, 3.05) is 0 Å². The molecule has 0 N–H and O–H groups in total. The molecule has 3 heteroatoms. The van der Waals surface area contributed by atoms with Gasteiger partial charge in [0.25, 0.3) is 0 Å². The van der Waals surface area contributed by atoms with Gasteiger partial charge in [0, 0.05) is 49.4 Å². The molecular weight excluding hydrogens is 763 g/mol. The summed E-state index contributed by atoms with van der Waals surface area (Å²) in [6, 6.07) is 82.7. The molecule has 0 spiro atoms. The van der Waals surface area contributed by atoms with Gasteiger partial charge in [-0.15, -0.1) is 0 Å². The smallest absolute Gasteiger partial charge is 0.0641 e. The molecule has 0 unspecified atom stereocenters. The molecule has 11 aromatic carbocycles. The zero-order chi connectivity index (χ0) is 41.2. The van der Waals surface area contributed by atoms with Gasteiger partial charge in [0.1, 0.15) is 0 Å². The molecule has 14 rings (SSSR count). The van der Waals surface area contributed by atoms with Crippen LogP contribution in [0.2, 0.25) is 0 Å². The van der Waals surface area contributed by atoms with Crippen molar-refractivity contribution in [1.29, 1.82) is 0 Å². The second-order valence-electron chi connectivity index (χ2n) is 16.9. The van der Waals surface area contributed by atoms with Crippen molar-refractivity contribution in [3.63, 3.8) is 0 Å². The predicted octanol–water partition coefficient (Wildman–Crippen LogP) is 16.1. The number of rotatable bonds is 4. The summed E-state index contributed by atoms with van der Waals surface area (Å²) in [5.41, 5.74) is 13.0. The summed E-state index contributed by atoms with van der Waals surface area (Å²) < 4.78 is 7.37. The summed E-state index contributed by atoms with van der Waals surface area (Å²) in [7, 11) is 0. The monoisotopic (exact) mass is 799 g/mol. The Balaban J connectivity index is 1.01. The van der Waals surface area contributed by atoms with Crippen LogP contribution >= 0.6 is 0 Å². The minimum Gasteiger partial charge on any atom is -0.309 e. The summed E-state index contributed by atoms with van der Waals surface area (Å²) in [5, 5.41) is 15.2. The molecule has 0 saturated carbocycles. The first-order chi connectivity index (χ1) is 31.3. The maximum absolute atomic E-state index is 2.51. The highest BCUT2D eigenvalue weighted by Gasteiger charge is 2.22. The van der Waals surface area contributed by atoms with E-state index in [0.717, 1.165) is 17.1 Å². The fraction of sp³-hybridized carbons (Fsp3) is 0. The summed E-state index contributed by atoms with van der Waals surface area (Å²) in [5.74, 6) is 0. The number of hydrogen-bond acceptors (Lipinski definition) is 0.